The molecule has 2 atom stereocenters. The van der Waals surface area contributed by atoms with E-state index in [2.05, 4.69) is 10.6 Å². The summed E-state index contributed by atoms with van der Waals surface area (Å²) in [4.78, 5) is 48.2. The minimum atomic E-state index is -1.07. The maximum Gasteiger partial charge on any atom is 0.349 e. The van der Waals surface area contributed by atoms with Crippen molar-refractivity contribution in [2.24, 2.45) is 11.8 Å². The molecule has 0 fully saturated rings. The molecule has 0 radical (unpaired) electrons. The summed E-state index contributed by atoms with van der Waals surface area (Å²) in [6.45, 7) is 11.1. The number of hydrogen-bond donors (Lipinski definition) is 3. The fourth-order valence-electron chi connectivity index (χ4n) is 2.43. The van der Waals surface area contributed by atoms with Crippen molar-refractivity contribution in [3.8, 4) is 0 Å². The van der Waals surface area contributed by atoms with Crippen molar-refractivity contribution in [2.45, 2.75) is 79.3 Å². The van der Waals surface area contributed by atoms with Gasteiger partial charge in [0.2, 0.25) is 5.91 Å². The number of rotatable bonds is 11. The van der Waals surface area contributed by atoms with E-state index >= 15 is 0 Å². The number of nitrogens with one attached hydrogen (secondary N) is 2. The van der Waals surface area contributed by atoms with E-state index in [4.69, 9.17) is 4.74 Å². The van der Waals surface area contributed by atoms with E-state index in [0.29, 0.717) is 12.3 Å². The molecule has 0 aliphatic carbocycles. The monoisotopic (exact) mass is 401 g/mol. The number of carbonyl (C=O) groups excluding carboxylic acids is 4. The second-order valence-corrected chi connectivity index (χ2v) is 7.61. The smallest absolute Gasteiger partial charge is 0.349 e. The average molecular weight is 402 g/mol. The van der Waals surface area contributed by atoms with Crippen molar-refractivity contribution in [1.29, 1.82) is 0 Å². The number of ether oxygens (including phenoxy) is 1. The van der Waals surface area contributed by atoms with Crippen LogP contribution in [0.3, 0.4) is 0 Å². The number of hydrogen-bond acceptors (Lipinski definition) is 6. The molecule has 0 saturated carbocycles. The van der Waals surface area contributed by atoms with Crippen LogP contribution in [0.25, 0.3) is 0 Å². The fourth-order valence-corrected chi connectivity index (χ4v) is 2.43. The lowest BCUT2D eigenvalue weighted by Crippen LogP contribution is -2.54. The number of esters is 1. The first-order valence-corrected chi connectivity index (χ1v) is 9.78. The van der Waals surface area contributed by atoms with Gasteiger partial charge in [0.15, 0.2) is 0 Å². The highest BCUT2D eigenvalue weighted by Crippen LogP contribution is 2.09. The van der Waals surface area contributed by atoms with Crippen molar-refractivity contribution in [3.05, 3.63) is 0 Å². The minimum Gasteiger partial charge on any atom is -0.464 e. The summed E-state index contributed by atoms with van der Waals surface area (Å²) in [5, 5.41) is 14.7. The van der Waals surface area contributed by atoms with Gasteiger partial charge in [-0.2, -0.15) is 0 Å². The van der Waals surface area contributed by atoms with Crippen molar-refractivity contribution in [1.82, 2.24) is 15.7 Å². The Morgan fingerprint density at radius 2 is 1.61 bits per heavy atom. The molecule has 0 aromatic heterocycles. The lowest BCUT2D eigenvalue weighted by atomic mass is 10.0. The van der Waals surface area contributed by atoms with E-state index in [1.807, 2.05) is 27.7 Å². The zero-order valence-corrected chi connectivity index (χ0v) is 17.8. The molecule has 0 spiro atoms. The third-order valence-corrected chi connectivity index (χ3v) is 3.92. The Morgan fingerprint density at radius 3 is 2.11 bits per heavy atom. The van der Waals surface area contributed by atoms with Gasteiger partial charge in [-0.1, -0.05) is 34.1 Å². The Morgan fingerprint density at radius 1 is 1.00 bits per heavy atom. The molecule has 3 N–H and O–H groups in total. The number of nitrogens with zero attached hydrogens (tertiary/aromatic N) is 1. The molecule has 162 valence electrons. The Kier molecular flexibility index (Phi) is 12.1. The number of imide groups is 1. The van der Waals surface area contributed by atoms with Crippen molar-refractivity contribution < 1.29 is 29.1 Å². The van der Waals surface area contributed by atoms with E-state index in [0.717, 1.165) is 6.42 Å². The summed E-state index contributed by atoms with van der Waals surface area (Å²) >= 11 is 0. The van der Waals surface area contributed by atoms with Gasteiger partial charge in [-0.3, -0.25) is 14.8 Å². The van der Waals surface area contributed by atoms with E-state index in [9.17, 15) is 24.4 Å². The molecule has 4 amide bonds. The largest absolute Gasteiger partial charge is 0.464 e. The summed E-state index contributed by atoms with van der Waals surface area (Å²) in [6.07, 6.45) is 1.64. The molecule has 0 heterocycles. The predicted octanol–water partition coefficient (Wildman–Crippen LogP) is 2.22. The van der Waals surface area contributed by atoms with Gasteiger partial charge in [0.25, 0.3) is 5.91 Å². The Bertz CT molecular complexity index is 536. The van der Waals surface area contributed by atoms with Crippen LogP contribution in [0.5, 0.6) is 0 Å². The van der Waals surface area contributed by atoms with Crippen LogP contribution in [0.2, 0.25) is 0 Å². The van der Waals surface area contributed by atoms with Crippen molar-refractivity contribution in [3.63, 3.8) is 0 Å². The predicted molar refractivity (Wildman–Crippen MR) is 103 cm³/mol. The van der Waals surface area contributed by atoms with E-state index in [-0.39, 0.29) is 30.4 Å². The molecule has 28 heavy (non-hydrogen) atoms. The first kappa shape index (κ1) is 25.8. The van der Waals surface area contributed by atoms with Gasteiger partial charge < -0.3 is 15.4 Å². The number of carbonyl (C=O) groups is 4. The van der Waals surface area contributed by atoms with E-state index < -0.39 is 35.9 Å². The number of amides is 4. The molecule has 9 heteroatoms. The lowest BCUT2D eigenvalue weighted by molar-refractivity contribution is -0.153. The number of urea groups is 1. The Hall–Kier alpha value is -2.16. The normalized spacial score (nSPS) is 13.0. The lowest BCUT2D eigenvalue weighted by Gasteiger charge is -2.23. The van der Waals surface area contributed by atoms with Gasteiger partial charge in [-0.05, 0) is 38.5 Å². The van der Waals surface area contributed by atoms with Crippen molar-refractivity contribution in [2.75, 3.05) is 6.61 Å². The summed E-state index contributed by atoms with van der Waals surface area (Å²) in [6, 6.07) is -2.97. The molecule has 0 saturated heterocycles. The highest BCUT2D eigenvalue weighted by Gasteiger charge is 2.28. The average Bonchev–Trinajstić information content (AvgIpc) is 2.59. The topological polar surface area (TPSA) is 125 Å². The summed E-state index contributed by atoms with van der Waals surface area (Å²) < 4.78 is 4.84. The SMILES string of the molecule is CCOC(=O)[C@@H](C)NC(=O)[C@H](CC(C)C)NC(=O)N(O)C(=O)CCCC(C)C. The molecular weight excluding hydrogens is 366 g/mol. The van der Waals surface area contributed by atoms with Crippen LogP contribution < -0.4 is 10.6 Å². The van der Waals surface area contributed by atoms with Crippen LogP contribution >= 0.6 is 0 Å². The molecule has 0 aliphatic heterocycles. The van der Waals surface area contributed by atoms with Gasteiger partial charge in [0, 0.05) is 6.42 Å². The second kappa shape index (κ2) is 13.1. The fraction of sp³-hybridized carbons (Fsp3) is 0.789. The highest BCUT2D eigenvalue weighted by molar-refractivity contribution is 5.95. The van der Waals surface area contributed by atoms with Crippen LogP contribution in [0.1, 0.15) is 67.2 Å². The Labute approximate surface area is 167 Å². The minimum absolute atomic E-state index is 0.00963. The Balaban J connectivity index is 4.88. The second-order valence-electron chi connectivity index (χ2n) is 7.61. The summed E-state index contributed by atoms with van der Waals surface area (Å²) in [7, 11) is 0. The van der Waals surface area contributed by atoms with Gasteiger partial charge in [0.05, 0.1) is 6.61 Å². The molecule has 0 aliphatic rings. The van der Waals surface area contributed by atoms with Crippen LogP contribution in [-0.4, -0.2) is 52.8 Å². The molecule has 9 nitrogen and oxygen atoms in total. The zero-order valence-electron chi connectivity index (χ0n) is 17.8. The van der Waals surface area contributed by atoms with Gasteiger partial charge in [0.1, 0.15) is 12.1 Å². The van der Waals surface area contributed by atoms with Crippen LogP contribution in [0.15, 0.2) is 0 Å². The van der Waals surface area contributed by atoms with Crippen LogP contribution in [-0.2, 0) is 19.1 Å². The highest BCUT2D eigenvalue weighted by atomic mass is 16.5. The van der Waals surface area contributed by atoms with Gasteiger partial charge in [-0.15, -0.1) is 5.06 Å². The van der Waals surface area contributed by atoms with E-state index in [1.165, 1.54) is 6.92 Å². The van der Waals surface area contributed by atoms with Crippen LogP contribution in [0.4, 0.5) is 4.79 Å². The van der Waals surface area contributed by atoms with Crippen LogP contribution in [0, 0.1) is 11.8 Å². The first-order valence-electron chi connectivity index (χ1n) is 9.78. The molecular formula is C19H35N3O6. The van der Waals surface area contributed by atoms with E-state index in [1.54, 1.807) is 6.92 Å². The first-order chi connectivity index (χ1) is 13.0. The zero-order chi connectivity index (χ0) is 21.9. The molecule has 0 rings (SSSR count). The molecule has 0 aromatic rings. The maximum absolute atomic E-state index is 12.5. The van der Waals surface area contributed by atoms with Crippen molar-refractivity contribution >= 4 is 23.8 Å². The third kappa shape index (κ3) is 10.2. The maximum atomic E-state index is 12.5. The summed E-state index contributed by atoms with van der Waals surface area (Å²) in [5.41, 5.74) is 0. The quantitative estimate of drug-likeness (QED) is 0.277. The molecule has 0 unspecified atom stereocenters. The third-order valence-electron chi connectivity index (χ3n) is 3.92. The number of hydroxylamine groups is 2. The molecule has 0 bridgehead atoms. The molecule has 0 aromatic carbocycles. The standard InChI is InChI=1S/C19H35N3O6/c1-7-28-18(25)14(6)20-17(24)15(11-13(4)5)21-19(26)22(27)16(23)10-8-9-12(2)3/h12-15,27H,7-11H2,1-6H3,(H,20,24)(H,21,26)/t14-,15+/m1/s1. The van der Waals surface area contributed by atoms with Gasteiger partial charge in [-0.25, -0.2) is 9.59 Å². The summed E-state index contributed by atoms with van der Waals surface area (Å²) in [5.74, 6) is -1.46. The van der Waals surface area contributed by atoms with Gasteiger partial charge >= 0.3 is 12.0 Å².